The summed E-state index contributed by atoms with van der Waals surface area (Å²) in [6, 6.07) is 8.32. The number of rotatable bonds is 4. The van der Waals surface area contributed by atoms with E-state index in [2.05, 4.69) is 4.72 Å². The first-order chi connectivity index (χ1) is 8.59. The fraction of sp³-hybridized carbons (Fsp3) is 0.538. The van der Waals surface area contributed by atoms with Crippen LogP contribution in [0.25, 0.3) is 0 Å². The van der Waals surface area contributed by atoms with Gasteiger partial charge in [-0.3, -0.25) is 0 Å². The zero-order chi connectivity index (χ0) is 13.0. The number of aliphatic hydroxyl groups is 1. The summed E-state index contributed by atoms with van der Waals surface area (Å²) in [5.41, 5.74) is 0. The molecule has 100 valence electrons. The monoisotopic (exact) mass is 269 g/mol. The lowest BCUT2D eigenvalue weighted by Crippen LogP contribution is -2.36. The Kier molecular flexibility index (Phi) is 4.37. The van der Waals surface area contributed by atoms with Gasteiger partial charge in [0, 0.05) is 6.54 Å². The highest BCUT2D eigenvalue weighted by molar-refractivity contribution is 7.89. The Bertz CT molecular complexity index is 472. The molecule has 0 saturated heterocycles. The van der Waals surface area contributed by atoms with Crippen molar-refractivity contribution < 1.29 is 13.5 Å². The van der Waals surface area contributed by atoms with E-state index in [1.807, 2.05) is 0 Å². The molecule has 0 radical (unpaired) electrons. The quantitative estimate of drug-likeness (QED) is 0.871. The van der Waals surface area contributed by atoms with Crippen LogP contribution in [0, 0.1) is 5.92 Å². The van der Waals surface area contributed by atoms with E-state index >= 15 is 0 Å². The molecule has 1 saturated carbocycles. The number of hydrogen-bond acceptors (Lipinski definition) is 3. The van der Waals surface area contributed by atoms with Crippen LogP contribution in [0.15, 0.2) is 35.2 Å². The standard InChI is InChI=1S/C13H19NO3S/c15-13-9-5-4-6-11(13)10-14-18(16,17)12-7-2-1-3-8-12/h1-3,7-8,11,13-15H,4-6,9-10H2. The topological polar surface area (TPSA) is 66.4 Å². The average Bonchev–Trinajstić information content (AvgIpc) is 2.39. The smallest absolute Gasteiger partial charge is 0.240 e. The third-order valence-corrected chi connectivity index (χ3v) is 4.90. The van der Waals surface area contributed by atoms with Crippen molar-refractivity contribution in [1.82, 2.24) is 4.72 Å². The number of benzene rings is 1. The van der Waals surface area contributed by atoms with Gasteiger partial charge in [-0.05, 0) is 30.9 Å². The number of nitrogens with one attached hydrogen (secondary N) is 1. The maximum atomic E-state index is 12.0. The molecule has 0 heterocycles. The predicted molar refractivity (Wildman–Crippen MR) is 69.6 cm³/mol. The van der Waals surface area contributed by atoms with Crippen molar-refractivity contribution in [3.8, 4) is 0 Å². The van der Waals surface area contributed by atoms with E-state index < -0.39 is 10.0 Å². The maximum Gasteiger partial charge on any atom is 0.240 e. The van der Waals surface area contributed by atoms with Crippen LogP contribution in [-0.2, 0) is 10.0 Å². The van der Waals surface area contributed by atoms with Crippen LogP contribution in [0.4, 0.5) is 0 Å². The summed E-state index contributed by atoms with van der Waals surface area (Å²) in [4.78, 5) is 0.273. The van der Waals surface area contributed by atoms with Crippen LogP contribution >= 0.6 is 0 Å². The van der Waals surface area contributed by atoms with Crippen LogP contribution < -0.4 is 4.72 Å². The van der Waals surface area contributed by atoms with Gasteiger partial charge in [0.05, 0.1) is 11.0 Å². The van der Waals surface area contributed by atoms with Crippen molar-refractivity contribution in [2.45, 2.75) is 36.7 Å². The van der Waals surface area contributed by atoms with Crippen molar-refractivity contribution in [3.05, 3.63) is 30.3 Å². The second kappa shape index (κ2) is 5.82. The van der Waals surface area contributed by atoms with Crippen LogP contribution in [0.3, 0.4) is 0 Å². The molecule has 1 aromatic carbocycles. The van der Waals surface area contributed by atoms with Gasteiger partial charge in [-0.25, -0.2) is 13.1 Å². The van der Waals surface area contributed by atoms with Crippen molar-refractivity contribution >= 4 is 10.0 Å². The Labute approximate surface area is 108 Å². The van der Waals surface area contributed by atoms with Crippen molar-refractivity contribution in [3.63, 3.8) is 0 Å². The molecule has 1 aliphatic rings. The van der Waals surface area contributed by atoms with Crippen molar-refractivity contribution in [1.29, 1.82) is 0 Å². The summed E-state index contributed by atoms with van der Waals surface area (Å²) in [5, 5.41) is 9.80. The fourth-order valence-electron chi connectivity index (χ4n) is 2.33. The lowest BCUT2D eigenvalue weighted by atomic mass is 9.87. The zero-order valence-corrected chi connectivity index (χ0v) is 11.1. The molecular weight excluding hydrogens is 250 g/mol. The van der Waals surface area contributed by atoms with E-state index in [4.69, 9.17) is 0 Å². The van der Waals surface area contributed by atoms with Gasteiger partial charge in [0.1, 0.15) is 0 Å². The van der Waals surface area contributed by atoms with E-state index in [-0.39, 0.29) is 16.9 Å². The molecule has 0 bridgehead atoms. The Morgan fingerprint density at radius 2 is 1.83 bits per heavy atom. The average molecular weight is 269 g/mol. The molecule has 1 aromatic rings. The summed E-state index contributed by atoms with van der Waals surface area (Å²) in [6.45, 7) is 0.318. The Balaban J connectivity index is 1.97. The summed E-state index contributed by atoms with van der Waals surface area (Å²) in [7, 11) is -3.44. The molecule has 0 aliphatic heterocycles. The Hall–Kier alpha value is -0.910. The molecule has 1 fully saturated rings. The number of sulfonamides is 1. The highest BCUT2D eigenvalue weighted by Gasteiger charge is 2.24. The van der Waals surface area contributed by atoms with E-state index in [0.717, 1.165) is 25.7 Å². The van der Waals surface area contributed by atoms with Crippen molar-refractivity contribution in [2.24, 2.45) is 5.92 Å². The largest absolute Gasteiger partial charge is 0.393 e. The van der Waals surface area contributed by atoms with Gasteiger partial charge in [0.25, 0.3) is 0 Å². The molecular formula is C13H19NO3S. The minimum atomic E-state index is -3.44. The zero-order valence-electron chi connectivity index (χ0n) is 10.2. The maximum absolute atomic E-state index is 12.0. The molecule has 2 N–H and O–H groups in total. The SMILES string of the molecule is O=S(=O)(NCC1CCCCC1O)c1ccccc1. The van der Waals surface area contributed by atoms with E-state index in [1.54, 1.807) is 30.3 Å². The lowest BCUT2D eigenvalue weighted by Gasteiger charge is -2.27. The van der Waals surface area contributed by atoms with E-state index in [0.29, 0.717) is 6.54 Å². The molecule has 0 amide bonds. The molecule has 18 heavy (non-hydrogen) atoms. The predicted octanol–water partition coefficient (Wildman–Crippen LogP) is 1.52. The third kappa shape index (κ3) is 3.31. The minimum Gasteiger partial charge on any atom is -0.393 e. The van der Waals surface area contributed by atoms with Gasteiger partial charge in [0.15, 0.2) is 0 Å². The summed E-state index contributed by atoms with van der Waals surface area (Å²) >= 11 is 0. The van der Waals surface area contributed by atoms with Gasteiger partial charge in [-0.1, -0.05) is 31.0 Å². The highest BCUT2D eigenvalue weighted by Crippen LogP contribution is 2.24. The molecule has 2 unspecified atom stereocenters. The molecule has 0 aromatic heterocycles. The molecule has 1 aliphatic carbocycles. The number of hydrogen-bond donors (Lipinski definition) is 2. The molecule has 5 heteroatoms. The van der Waals surface area contributed by atoms with E-state index in [1.165, 1.54) is 0 Å². The highest BCUT2D eigenvalue weighted by atomic mass is 32.2. The first-order valence-corrected chi connectivity index (χ1v) is 7.81. The molecule has 2 atom stereocenters. The van der Waals surface area contributed by atoms with E-state index in [9.17, 15) is 13.5 Å². The Morgan fingerprint density at radius 3 is 2.50 bits per heavy atom. The molecule has 2 rings (SSSR count). The number of aliphatic hydroxyl groups excluding tert-OH is 1. The first-order valence-electron chi connectivity index (χ1n) is 6.32. The van der Waals surface area contributed by atoms with Crippen LogP contribution in [-0.4, -0.2) is 26.2 Å². The Morgan fingerprint density at radius 1 is 1.17 bits per heavy atom. The van der Waals surface area contributed by atoms with Crippen LogP contribution in [0.1, 0.15) is 25.7 Å². The summed E-state index contributed by atoms with van der Waals surface area (Å²) in [5.74, 6) is 0.0391. The second-order valence-corrected chi connectivity index (χ2v) is 6.54. The second-order valence-electron chi connectivity index (χ2n) is 4.78. The van der Waals surface area contributed by atoms with Gasteiger partial charge >= 0.3 is 0 Å². The fourth-order valence-corrected chi connectivity index (χ4v) is 3.44. The van der Waals surface area contributed by atoms with Crippen molar-refractivity contribution in [2.75, 3.05) is 6.54 Å². The first kappa shape index (κ1) is 13.5. The summed E-state index contributed by atoms with van der Waals surface area (Å²) < 4.78 is 26.6. The molecule has 4 nitrogen and oxygen atoms in total. The van der Waals surface area contributed by atoms with Crippen LogP contribution in [0.5, 0.6) is 0 Å². The third-order valence-electron chi connectivity index (χ3n) is 3.46. The lowest BCUT2D eigenvalue weighted by molar-refractivity contribution is 0.0724. The normalized spacial score (nSPS) is 24.9. The summed E-state index contributed by atoms with van der Waals surface area (Å²) in [6.07, 6.45) is 3.38. The molecule has 0 spiro atoms. The van der Waals surface area contributed by atoms with Gasteiger partial charge < -0.3 is 5.11 Å². The van der Waals surface area contributed by atoms with Gasteiger partial charge in [0.2, 0.25) is 10.0 Å². The van der Waals surface area contributed by atoms with Gasteiger partial charge in [-0.15, -0.1) is 0 Å². The van der Waals surface area contributed by atoms with Gasteiger partial charge in [-0.2, -0.15) is 0 Å². The minimum absolute atomic E-state index is 0.0391. The van der Waals surface area contributed by atoms with Crippen LogP contribution in [0.2, 0.25) is 0 Å².